The predicted molar refractivity (Wildman–Crippen MR) is 69.6 cm³/mol. The van der Waals surface area contributed by atoms with Crippen molar-refractivity contribution >= 4 is 33.4 Å². The molecule has 0 fully saturated rings. The van der Waals surface area contributed by atoms with E-state index in [2.05, 4.69) is 21.2 Å². The van der Waals surface area contributed by atoms with Crippen LogP contribution in [-0.2, 0) is 15.8 Å². The van der Waals surface area contributed by atoms with Crippen molar-refractivity contribution in [2.24, 2.45) is 11.5 Å². The Labute approximate surface area is 120 Å². The molecule has 1 aromatic carbocycles. The molecule has 9 heteroatoms. The first-order valence-electron chi connectivity index (χ1n) is 5.32. The first-order chi connectivity index (χ1) is 9.11. The van der Waals surface area contributed by atoms with Crippen molar-refractivity contribution in [3.05, 3.63) is 28.2 Å². The molecule has 1 atom stereocenters. The van der Waals surface area contributed by atoms with Crippen LogP contribution in [0.2, 0.25) is 0 Å². The molecule has 0 bridgehead atoms. The number of nitrogens with two attached hydrogens (primary N) is 2. The molecule has 1 unspecified atom stereocenters. The van der Waals surface area contributed by atoms with Crippen molar-refractivity contribution < 1.29 is 22.8 Å². The summed E-state index contributed by atoms with van der Waals surface area (Å²) in [6, 6.07) is 1.55. The van der Waals surface area contributed by atoms with E-state index in [1.165, 1.54) is 0 Å². The van der Waals surface area contributed by atoms with E-state index in [0.717, 1.165) is 18.2 Å². The number of benzene rings is 1. The number of halogens is 4. The summed E-state index contributed by atoms with van der Waals surface area (Å²) in [5.74, 6) is -1.58. The molecule has 1 rings (SSSR count). The Kier molecular flexibility index (Phi) is 5.12. The number of nitrogens with one attached hydrogen (secondary N) is 1. The highest BCUT2D eigenvalue weighted by molar-refractivity contribution is 9.10. The normalized spacial score (nSPS) is 12.8. The van der Waals surface area contributed by atoms with Gasteiger partial charge >= 0.3 is 6.18 Å². The number of anilines is 1. The molecule has 0 aliphatic heterocycles. The molecular formula is C11H11BrF3N3O2. The van der Waals surface area contributed by atoms with Gasteiger partial charge in [-0.2, -0.15) is 13.2 Å². The van der Waals surface area contributed by atoms with Crippen molar-refractivity contribution in [2.75, 3.05) is 5.32 Å². The fourth-order valence-electron chi connectivity index (χ4n) is 1.33. The molecule has 5 N–H and O–H groups in total. The minimum Gasteiger partial charge on any atom is -0.370 e. The van der Waals surface area contributed by atoms with E-state index in [0.29, 0.717) is 0 Å². The molecule has 20 heavy (non-hydrogen) atoms. The molecule has 0 spiro atoms. The number of hydrogen-bond acceptors (Lipinski definition) is 3. The monoisotopic (exact) mass is 353 g/mol. The lowest BCUT2D eigenvalue weighted by Gasteiger charge is -2.14. The van der Waals surface area contributed by atoms with E-state index < -0.39 is 36.0 Å². The summed E-state index contributed by atoms with van der Waals surface area (Å²) < 4.78 is 37.9. The third kappa shape index (κ3) is 4.49. The van der Waals surface area contributed by atoms with E-state index in [1.807, 2.05) is 0 Å². The molecule has 2 amide bonds. The fourth-order valence-corrected chi connectivity index (χ4v) is 1.68. The predicted octanol–water partition coefficient (Wildman–Crippen LogP) is 1.61. The van der Waals surface area contributed by atoms with Crippen molar-refractivity contribution in [2.45, 2.75) is 18.6 Å². The molecule has 0 aliphatic carbocycles. The van der Waals surface area contributed by atoms with Gasteiger partial charge in [0.15, 0.2) is 0 Å². The number of carbonyl (C=O) groups is 2. The fraction of sp³-hybridized carbons (Fsp3) is 0.273. The van der Waals surface area contributed by atoms with Gasteiger partial charge in [0.05, 0.1) is 23.7 Å². The summed E-state index contributed by atoms with van der Waals surface area (Å²) in [6.07, 6.45) is -4.93. The topological polar surface area (TPSA) is 98.2 Å². The van der Waals surface area contributed by atoms with Gasteiger partial charge < -0.3 is 16.8 Å². The Morgan fingerprint density at radius 2 is 1.95 bits per heavy atom. The van der Waals surface area contributed by atoms with Crippen LogP contribution in [0.15, 0.2) is 22.7 Å². The van der Waals surface area contributed by atoms with Crippen molar-refractivity contribution in [1.29, 1.82) is 0 Å². The number of carbonyl (C=O) groups excluding carboxylic acids is 2. The second kappa shape index (κ2) is 6.23. The Bertz CT molecular complexity index is 534. The SMILES string of the molecule is NC(=O)CC(N)C(=O)Nc1cc(C(F)(F)F)ccc1Br. The van der Waals surface area contributed by atoms with Gasteiger partial charge in [0.1, 0.15) is 0 Å². The Morgan fingerprint density at radius 1 is 1.35 bits per heavy atom. The molecule has 1 aromatic rings. The van der Waals surface area contributed by atoms with Crippen molar-refractivity contribution in [3.8, 4) is 0 Å². The summed E-state index contributed by atoms with van der Waals surface area (Å²) in [5, 5.41) is 2.21. The van der Waals surface area contributed by atoms with Crippen molar-refractivity contribution in [3.63, 3.8) is 0 Å². The number of hydrogen-bond donors (Lipinski definition) is 3. The first-order valence-corrected chi connectivity index (χ1v) is 6.12. The molecule has 5 nitrogen and oxygen atoms in total. The number of primary amides is 1. The van der Waals surface area contributed by atoms with Crippen molar-refractivity contribution in [1.82, 2.24) is 0 Å². The van der Waals surface area contributed by atoms with Gasteiger partial charge in [-0.25, -0.2) is 0 Å². The Balaban J connectivity index is 2.92. The Morgan fingerprint density at radius 3 is 2.45 bits per heavy atom. The molecule has 0 radical (unpaired) electrons. The summed E-state index contributed by atoms with van der Waals surface area (Å²) in [5.41, 5.74) is 9.26. The van der Waals surface area contributed by atoms with Gasteiger partial charge in [-0.05, 0) is 34.1 Å². The van der Waals surface area contributed by atoms with Gasteiger partial charge in [0.25, 0.3) is 0 Å². The van der Waals surface area contributed by atoms with Gasteiger partial charge in [0, 0.05) is 4.47 Å². The number of amides is 2. The van der Waals surface area contributed by atoms with Gasteiger partial charge in [-0.3, -0.25) is 9.59 Å². The van der Waals surface area contributed by atoms with Crippen LogP contribution in [0.1, 0.15) is 12.0 Å². The van der Waals surface area contributed by atoms with Crippen LogP contribution >= 0.6 is 15.9 Å². The zero-order valence-corrected chi connectivity index (χ0v) is 11.6. The average Bonchev–Trinajstić information content (AvgIpc) is 2.29. The second-order valence-electron chi connectivity index (χ2n) is 3.96. The zero-order valence-electron chi connectivity index (χ0n) is 10.00. The standard InChI is InChI=1S/C11H11BrF3N3O2/c12-6-2-1-5(11(13,14)15)3-8(6)18-10(20)7(16)4-9(17)19/h1-3,7H,4,16H2,(H2,17,19)(H,18,20). The maximum Gasteiger partial charge on any atom is 0.416 e. The molecule has 110 valence electrons. The maximum absolute atomic E-state index is 12.6. The zero-order chi connectivity index (χ0) is 15.5. The third-order valence-electron chi connectivity index (χ3n) is 2.31. The van der Waals surface area contributed by atoms with E-state index >= 15 is 0 Å². The summed E-state index contributed by atoms with van der Waals surface area (Å²) in [4.78, 5) is 22.2. The highest BCUT2D eigenvalue weighted by Gasteiger charge is 2.31. The van der Waals surface area contributed by atoms with E-state index in [1.54, 1.807) is 0 Å². The van der Waals surface area contributed by atoms with Crippen LogP contribution in [0.5, 0.6) is 0 Å². The van der Waals surface area contributed by atoms with Gasteiger partial charge in [-0.1, -0.05) is 0 Å². The van der Waals surface area contributed by atoms with Gasteiger partial charge in [-0.15, -0.1) is 0 Å². The highest BCUT2D eigenvalue weighted by Crippen LogP contribution is 2.33. The molecule has 0 saturated carbocycles. The van der Waals surface area contributed by atoms with E-state index in [9.17, 15) is 22.8 Å². The largest absolute Gasteiger partial charge is 0.416 e. The van der Waals surface area contributed by atoms with E-state index in [4.69, 9.17) is 11.5 Å². The molecule has 0 saturated heterocycles. The van der Waals surface area contributed by atoms with Crippen LogP contribution < -0.4 is 16.8 Å². The molecule has 0 heterocycles. The van der Waals surface area contributed by atoms with Crippen LogP contribution in [-0.4, -0.2) is 17.9 Å². The lowest BCUT2D eigenvalue weighted by atomic mass is 10.1. The van der Waals surface area contributed by atoms with Crippen LogP contribution in [0.25, 0.3) is 0 Å². The lowest BCUT2D eigenvalue weighted by molar-refractivity contribution is -0.137. The molecule has 0 aromatic heterocycles. The number of alkyl halides is 3. The number of rotatable bonds is 4. The maximum atomic E-state index is 12.6. The molecule has 0 aliphatic rings. The van der Waals surface area contributed by atoms with Crippen LogP contribution in [0.4, 0.5) is 18.9 Å². The third-order valence-corrected chi connectivity index (χ3v) is 3.00. The lowest BCUT2D eigenvalue weighted by Crippen LogP contribution is -2.39. The summed E-state index contributed by atoms with van der Waals surface area (Å²) in [6.45, 7) is 0. The van der Waals surface area contributed by atoms with Crippen LogP contribution in [0.3, 0.4) is 0 Å². The summed E-state index contributed by atoms with van der Waals surface area (Å²) >= 11 is 3.01. The van der Waals surface area contributed by atoms with E-state index in [-0.39, 0.29) is 10.2 Å². The minimum absolute atomic E-state index is 0.0928. The highest BCUT2D eigenvalue weighted by atomic mass is 79.9. The first kappa shape index (κ1) is 16.4. The summed E-state index contributed by atoms with van der Waals surface area (Å²) in [7, 11) is 0. The molecular weight excluding hydrogens is 343 g/mol. The minimum atomic E-state index is -4.53. The second-order valence-corrected chi connectivity index (χ2v) is 4.81. The van der Waals surface area contributed by atoms with Gasteiger partial charge in [0.2, 0.25) is 11.8 Å². The smallest absolute Gasteiger partial charge is 0.370 e. The average molecular weight is 354 g/mol. The quantitative estimate of drug-likeness (QED) is 0.766. The van der Waals surface area contributed by atoms with Crippen LogP contribution in [0, 0.1) is 0 Å². The Hall–Kier alpha value is -1.61.